The van der Waals surface area contributed by atoms with E-state index in [0.717, 1.165) is 18.4 Å². The van der Waals surface area contributed by atoms with Crippen LogP contribution in [-0.4, -0.2) is 11.9 Å². The summed E-state index contributed by atoms with van der Waals surface area (Å²) in [7, 11) is 0. The predicted octanol–water partition coefficient (Wildman–Crippen LogP) is 2.71. The highest BCUT2D eigenvalue weighted by Crippen LogP contribution is 2.05. The van der Waals surface area contributed by atoms with E-state index < -0.39 is 0 Å². The first-order valence-electron chi connectivity index (χ1n) is 6.02. The Morgan fingerprint density at radius 2 is 1.75 bits per heavy atom. The highest BCUT2D eigenvalue weighted by molar-refractivity contribution is 5.78. The third-order valence-electron chi connectivity index (χ3n) is 2.82. The summed E-state index contributed by atoms with van der Waals surface area (Å²) in [4.78, 5) is 11.6. The first kappa shape index (κ1) is 12.8. The molecule has 0 saturated carbocycles. The first-order chi connectivity index (χ1) is 7.65. The third kappa shape index (κ3) is 4.05. The minimum atomic E-state index is 0.110. The topological polar surface area (TPSA) is 29.1 Å². The van der Waals surface area contributed by atoms with Gasteiger partial charge in [0.25, 0.3) is 0 Å². The molecule has 0 spiro atoms. The van der Waals surface area contributed by atoms with Crippen LogP contribution >= 0.6 is 0 Å². The van der Waals surface area contributed by atoms with Gasteiger partial charge in [-0.3, -0.25) is 4.79 Å². The summed E-state index contributed by atoms with van der Waals surface area (Å²) in [5.41, 5.74) is 2.39. The maximum absolute atomic E-state index is 11.6. The van der Waals surface area contributed by atoms with Gasteiger partial charge in [0.2, 0.25) is 5.91 Å². The fraction of sp³-hybridized carbons (Fsp3) is 0.500. The lowest BCUT2D eigenvalue weighted by Gasteiger charge is -2.11. The largest absolute Gasteiger partial charge is 0.353 e. The van der Waals surface area contributed by atoms with Crippen LogP contribution in [0.3, 0.4) is 0 Å². The van der Waals surface area contributed by atoms with Crippen molar-refractivity contribution in [2.45, 2.75) is 46.1 Å². The molecular weight excluding hydrogens is 198 g/mol. The second-order valence-electron chi connectivity index (χ2n) is 4.22. The minimum Gasteiger partial charge on any atom is -0.353 e. The number of carbonyl (C=O) groups is 1. The average molecular weight is 219 g/mol. The van der Waals surface area contributed by atoms with Gasteiger partial charge in [-0.15, -0.1) is 0 Å². The Morgan fingerprint density at radius 3 is 2.25 bits per heavy atom. The molecule has 2 nitrogen and oxygen atoms in total. The minimum absolute atomic E-state index is 0.110. The first-order valence-corrected chi connectivity index (χ1v) is 6.02. The molecule has 1 aromatic rings. The molecule has 0 radical (unpaired) electrons. The number of hydrogen-bond donors (Lipinski definition) is 1. The van der Waals surface area contributed by atoms with Crippen LogP contribution < -0.4 is 5.32 Å². The zero-order valence-corrected chi connectivity index (χ0v) is 10.4. The molecule has 16 heavy (non-hydrogen) atoms. The molecule has 1 N–H and O–H groups in total. The molecule has 0 heterocycles. The number of rotatable bonds is 5. The number of benzene rings is 1. The zero-order valence-electron chi connectivity index (χ0n) is 10.4. The number of nitrogens with one attached hydrogen (secondary N) is 1. The molecule has 0 bridgehead atoms. The molecule has 0 unspecified atom stereocenters. The van der Waals surface area contributed by atoms with Crippen molar-refractivity contribution in [3.05, 3.63) is 35.4 Å². The zero-order chi connectivity index (χ0) is 12.0. The van der Waals surface area contributed by atoms with Crippen LogP contribution in [0.15, 0.2) is 24.3 Å². The van der Waals surface area contributed by atoms with Gasteiger partial charge in [0, 0.05) is 6.04 Å². The molecule has 1 amide bonds. The van der Waals surface area contributed by atoms with Gasteiger partial charge in [-0.1, -0.05) is 38.1 Å². The number of carbonyl (C=O) groups excluding carboxylic acids is 1. The summed E-state index contributed by atoms with van der Waals surface area (Å²) in [5.74, 6) is 0.110. The van der Waals surface area contributed by atoms with Gasteiger partial charge >= 0.3 is 0 Å². The van der Waals surface area contributed by atoms with Crippen LogP contribution in [0.1, 0.15) is 38.3 Å². The summed E-state index contributed by atoms with van der Waals surface area (Å²) < 4.78 is 0. The molecule has 1 aromatic carbocycles. The summed E-state index contributed by atoms with van der Waals surface area (Å²) in [6.45, 7) is 6.23. The van der Waals surface area contributed by atoms with E-state index in [2.05, 4.69) is 31.3 Å². The Morgan fingerprint density at radius 1 is 1.19 bits per heavy atom. The van der Waals surface area contributed by atoms with Crippen molar-refractivity contribution in [3.63, 3.8) is 0 Å². The van der Waals surface area contributed by atoms with E-state index in [9.17, 15) is 4.79 Å². The molecule has 88 valence electrons. The van der Waals surface area contributed by atoms with Crippen LogP contribution in [0.2, 0.25) is 0 Å². The second-order valence-corrected chi connectivity index (χ2v) is 4.22. The van der Waals surface area contributed by atoms with Crippen molar-refractivity contribution < 1.29 is 4.79 Å². The fourth-order valence-electron chi connectivity index (χ4n) is 1.51. The molecule has 2 heteroatoms. The van der Waals surface area contributed by atoms with E-state index in [1.165, 1.54) is 5.56 Å². The summed E-state index contributed by atoms with van der Waals surface area (Å²) in [5, 5.41) is 2.97. The van der Waals surface area contributed by atoms with E-state index in [1.807, 2.05) is 19.1 Å². The smallest absolute Gasteiger partial charge is 0.224 e. The van der Waals surface area contributed by atoms with E-state index >= 15 is 0 Å². The van der Waals surface area contributed by atoms with Gasteiger partial charge in [0.05, 0.1) is 6.42 Å². The molecule has 0 fully saturated rings. The van der Waals surface area contributed by atoms with Gasteiger partial charge in [-0.2, -0.15) is 0 Å². The SMILES string of the molecule is CCc1ccc(CC(=O)N[C@@H](C)CC)cc1. The Labute approximate surface area is 98.1 Å². The molecule has 0 aliphatic rings. The predicted molar refractivity (Wildman–Crippen MR) is 67.4 cm³/mol. The fourth-order valence-corrected chi connectivity index (χ4v) is 1.51. The summed E-state index contributed by atoms with van der Waals surface area (Å²) >= 11 is 0. The van der Waals surface area contributed by atoms with Crippen LogP contribution in [0.5, 0.6) is 0 Å². The lowest BCUT2D eigenvalue weighted by Crippen LogP contribution is -2.33. The molecule has 1 atom stereocenters. The molecule has 1 rings (SSSR count). The maximum atomic E-state index is 11.6. The van der Waals surface area contributed by atoms with Crippen molar-refractivity contribution in [1.29, 1.82) is 0 Å². The molecule has 0 saturated heterocycles. The quantitative estimate of drug-likeness (QED) is 0.810. The van der Waals surface area contributed by atoms with Crippen LogP contribution in [-0.2, 0) is 17.6 Å². The monoisotopic (exact) mass is 219 g/mol. The van der Waals surface area contributed by atoms with Crippen molar-refractivity contribution in [2.24, 2.45) is 0 Å². The van der Waals surface area contributed by atoms with Crippen molar-refractivity contribution in [2.75, 3.05) is 0 Å². The van der Waals surface area contributed by atoms with Gasteiger partial charge in [-0.05, 0) is 30.9 Å². The van der Waals surface area contributed by atoms with Gasteiger partial charge in [0.1, 0.15) is 0 Å². The highest BCUT2D eigenvalue weighted by atomic mass is 16.1. The van der Waals surface area contributed by atoms with E-state index in [4.69, 9.17) is 0 Å². The molecular formula is C14H21NO. The van der Waals surface area contributed by atoms with Gasteiger partial charge in [-0.25, -0.2) is 0 Å². The van der Waals surface area contributed by atoms with Crippen LogP contribution in [0.25, 0.3) is 0 Å². The third-order valence-corrected chi connectivity index (χ3v) is 2.82. The standard InChI is InChI=1S/C14H21NO/c1-4-11(3)15-14(16)10-13-8-6-12(5-2)7-9-13/h6-9,11H,4-5,10H2,1-3H3,(H,15,16)/t11-/m0/s1. The Balaban J connectivity index is 2.49. The number of amides is 1. The van der Waals surface area contributed by atoms with E-state index in [1.54, 1.807) is 0 Å². The Hall–Kier alpha value is -1.31. The number of aryl methyl sites for hydroxylation is 1. The number of hydrogen-bond acceptors (Lipinski definition) is 1. The lowest BCUT2D eigenvalue weighted by atomic mass is 10.1. The lowest BCUT2D eigenvalue weighted by molar-refractivity contribution is -0.121. The Kier molecular flexibility index (Phi) is 5.03. The average Bonchev–Trinajstić information content (AvgIpc) is 2.29. The van der Waals surface area contributed by atoms with Crippen molar-refractivity contribution in [3.8, 4) is 0 Å². The molecule has 0 aromatic heterocycles. The summed E-state index contributed by atoms with van der Waals surface area (Å²) in [6, 6.07) is 8.52. The van der Waals surface area contributed by atoms with Gasteiger partial charge in [0.15, 0.2) is 0 Å². The van der Waals surface area contributed by atoms with E-state index in [0.29, 0.717) is 6.42 Å². The normalized spacial score (nSPS) is 12.2. The molecule has 0 aliphatic carbocycles. The second kappa shape index (κ2) is 6.31. The van der Waals surface area contributed by atoms with Crippen LogP contribution in [0, 0.1) is 0 Å². The molecule has 0 aliphatic heterocycles. The highest BCUT2D eigenvalue weighted by Gasteiger charge is 2.06. The van der Waals surface area contributed by atoms with Gasteiger partial charge < -0.3 is 5.32 Å². The van der Waals surface area contributed by atoms with E-state index in [-0.39, 0.29) is 11.9 Å². The maximum Gasteiger partial charge on any atom is 0.224 e. The summed E-state index contributed by atoms with van der Waals surface area (Å²) in [6.07, 6.45) is 2.49. The van der Waals surface area contributed by atoms with Crippen molar-refractivity contribution >= 4 is 5.91 Å². The van der Waals surface area contributed by atoms with Crippen molar-refractivity contribution in [1.82, 2.24) is 5.32 Å². The Bertz CT molecular complexity index is 329. The van der Waals surface area contributed by atoms with Crippen LogP contribution in [0.4, 0.5) is 0 Å².